The molecule has 1 nitrogen and oxygen atoms in total. The monoisotopic (exact) mass is 244 g/mol. The standard InChI is InChI=1S/C9H9BrOS/c1-2-3-4-8(11)9-5-7(10)6-12-9/h5-6,8,11H,4H2,1H3. The number of hydrogen-bond acceptors (Lipinski definition) is 2. The lowest BCUT2D eigenvalue weighted by Gasteiger charge is -2.01. The summed E-state index contributed by atoms with van der Waals surface area (Å²) >= 11 is 4.88. The molecule has 0 spiro atoms. The Balaban J connectivity index is 2.62. The van der Waals surface area contributed by atoms with E-state index in [1.54, 1.807) is 18.3 Å². The van der Waals surface area contributed by atoms with Gasteiger partial charge in [-0.15, -0.1) is 23.2 Å². The molecule has 64 valence electrons. The van der Waals surface area contributed by atoms with E-state index in [4.69, 9.17) is 0 Å². The molecule has 0 aliphatic heterocycles. The number of halogens is 1. The van der Waals surface area contributed by atoms with Crippen LogP contribution in [0.1, 0.15) is 24.3 Å². The summed E-state index contributed by atoms with van der Waals surface area (Å²) in [7, 11) is 0. The number of hydrogen-bond donors (Lipinski definition) is 1. The first kappa shape index (κ1) is 9.79. The zero-order valence-corrected chi connectivity index (χ0v) is 9.08. The van der Waals surface area contributed by atoms with Crippen LogP contribution in [0.3, 0.4) is 0 Å². The van der Waals surface area contributed by atoms with E-state index in [9.17, 15) is 5.11 Å². The van der Waals surface area contributed by atoms with Gasteiger partial charge in [0.05, 0.1) is 6.10 Å². The van der Waals surface area contributed by atoms with Crippen molar-refractivity contribution < 1.29 is 5.11 Å². The molecule has 0 bridgehead atoms. The van der Waals surface area contributed by atoms with Gasteiger partial charge in [-0.05, 0) is 28.9 Å². The minimum Gasteiger partial charge on any atom is -0.387 e. The Morgan fingerprint density at radius 3 is 3.00 bits per heavy atom. The summed E-state index contributed by atoms with van der Waals surface area (Å²) in [4.78, 5) is 0.963. The van der Waals surface area contributed by atoms with Crippen molar-refractivity contribution in [3.8, 4) is 11.8 Å². The second-order valence-corrected chi connectivity index (χ2v) is 4.17. The van der Waals surface area contributed by atoms with Gasteiger partial charge >= 0.3 is 0 Å². The van der Waals surface area contributed by atoms with Crippen molar-refractivity contribution in [3.05, 3.63) is 20.8 Å². The molecule has 3 heteroatoms. The van der Waals surface area contributed by atoms with Crippen molar-refractivity contribution in [2.45, 2.75) is 19.4 Å². The van der Waals surface area contributed by atoms with Gasteiger partial charge in [0.15, 0.2) is 0 Å². The highest BCUT2D eigenvalue weighted by molar-refractivity contribution is 9.10. The van der Waals surface area contributed by atoms with E-state index in [1.165, 1.54) is 0 Å². The Labute approximate surface area is 84.6 Å². The van der Waals surface area contributed by atoms with Crippen molar-refractivity contribution >= 4 is 27.3 Å². The molecule has 1 rings (SSSR count). The predicted octanol–water partition coefficient (Wildman–Crippen LogP) is 2.96. The Hall–Kier alpha value is -0.300. The number of rotatable bonds is 2. The van der Waals surface area contributed by atoms with Crippen molar-refractivity contribution in [1.29, 1.82) is 0 Å². The van der Waals surface area contributed by atoms with Crippen LogP contribution in [0.4, 0.5) is 0 Å². The van der Waals surface area contributed by atoms with Crippen LogP contribution in [0.2, 0.25) is 0 Å². The minimum absolute atomic E-state index is 0.436. The first-order valence-electron chi connectivity index (χ1n) is 3.55. The highest BCUT2D eigenvalue weighted by atomic mass is 79.9. The van der Waals surface area contributed by atoms with E-state index in [-0.39, 0.29) is 0 Å². The molecule has 12 heavy (non-hydrogen) atoms. The van der Waals surface area contributed by atoms with Crippen LogP contribution >= 0.6 is 27.3 Å². The first-order valence-corrected chi connectivity index (χ1v) is 5.23. The Bertz CT molecular complexity index is 308. The molecule has 0 saturated carbocycles. The van der Waals surface area contributed by atoms with Crippen molar-refractivity contribution in [2.24, 2.45) is 0 Å². The van der Waals surface area contributed by atoms with Crippen LogP contribution in [0.15, 0.2) is 15.9 Å². The molecule has 0 saturated heterocycles. The van der Waals surface area contributed by atoms with Crippen molar-refractivity contribution in [3.63, 3.8) is 0 Å². The van der Waals surface area contributed by atoms with Crippen LogP contribution in [0.25, 0.3) is 0 Å². The molecule has 1 aromatic rings. The van der Waals surface area contributed by atoms with E-state index in [2.05, 4.69) is 27.8 Å². The minimum atomic E-state index is -0.436. The fraction of sp³-hybridized carbons (Fsp3) is 0.333. The average Bonchev–Trinajstić information content (AvgIpc) is 2.47. The molecule has 1 atom stereocenters. The van der Waals surface area contributed by atoms with Crippen LogP contribution in [-0.2, 0) is 0 Å². The average molecular weight is 245 g/mol. The lowest BCUT2D eigenvalue weighted by Crippen LogP contribution is -1.91. The van der Waals surface area contributed by atoms with Crippen molar-refractivity contribution in [2.75, 3.05) is 0 Å². The van der Waals surface area contributed by atoms with Gasteiger partial charge in [0.1, 0.15) is 0 Å². The first-order chi connectivity index (χ1) is 5.74. The maximum atomic E-state index is 9.55. The molecule has 0 aliphatic carbocycles. The summed E-state index contributed by atoms with van der Waals surface area (Å²) < 4.78 is 1.02. The Morgan fingerprint density at radius 2 is 2.50 bits per heavy atom. The lowest BCUT2D eigenvalue weighted by molar-refractivity contribution is 0.188. The second kappa shape index (κ2) is 4.66. The summed E-state index contributed by atoms with van der Waals surface area (Å²) in [5.74, 6) is 5.61. The smallest absolute Gasteiger partial charge is 0.0991 e. The van der Waals surface area contributed by atoms with E-state index in [0.29, 0.717) is 6.42 Å². The summed E-state index contributed by atoms with van der Waals surface area (Å²) in [6.07, 6.45) is 0.0810. The van der Waals surface area contributed by atoms with Gasteiger partial charge in [0.25, 0.3) is 0 Å². The van der Waals surface area contributed by atoms with E-state index >= 15 is 0 Å². The van der Waals surface area contributed by atoms with Crippen LogP contribution < -0.4 is 0 Å². The molecule has 0 aromatic carbocycles. The normalized spacial score (nSPS) is 11.9. The zero-order valence-electron chi connectivity index (χ0n) is 6.67. The largest absolute Gasteiger partial charge is 0.387 e. The molecule has 0 fully saturated rings. The van der Waals surface area contributed by atoms with Gasteiger partial charge in [-0.25, -0.2) is 0 Å². The molecule has 0 amide bonds. The van der Waals surface area contributed by atoms with Gasteiger partial charge in [0.2, 0.25) is 0 Å². The molecule has 0 aliphatic rings. The Kier molecular flexibility index (Phi) is 3.80. The number of thiophene rings is 1. The zero-order chi connectivity index (χ0) is 8.97. The third-order valence-electron chi connectivity index (χ3n) is 1.39. The highest BCUT2D eigenvalue weighted by Gasteiger charge is 2.07. The lowest BCUT2D eigenvalue weighted by atomic mass is 10.2. The van der Waals surface area contributed by atoms with E-state index in [1.807, 2.05) is 11.4 Å². The van der Waals surface area contributed by atoms with Gasteiger partial charge < -0.3 is 5.11 Å². The maximum Gasteiger partial charge on any atom is 0.0991 e. The van der Waals surface area contributed by atoms with Gasteiger partial charge in [-0.3, -0.25) is 0 Å². The van der Waals surface area contributed by atoms with Gasteiger partial charge in [0, 0.05) is 21.2 Å². The quantitative estimate of drug-likeness (QED) is 0.794. The summed E-state index contributed by atoms with van der Waals surface area (Å²) in [6.45, 7) is 1.77. The molecular formula is C9H9BrOS. The molecular weight excluding hydrogens is 236 g/mol. The fourth-order valence-corrected chi connectivity index (χ4v) is 2.23. The topological polar surface area (TPSA) is 20.2 Å². The van der Waals surface area contributed by atoms with Crippen LogP contribution in [-0.4, -0.2) is 5.11 Å². The summed E-state index contributed by atoms with van der Waals surface area (Å²) in [5, 5.41) is 11.5. The summed E-state index contributed by atoms with van der Waals surface area (Å²) in [6, 6.07) is 1.92. The molecule has 1 heterocycles. The Morgan fingerprint density at radius 1 is 1.75 bits per heavy atom. The predicted molar refractivity (Wildman–Crippen MR) is 55.0 cm³/mol. The number of aliphatic hydroxyl groups excluding tert-OH is 1. The van der Waals surface area contributed by atoms with Crippen LogP contribution in [0, 0.1) is 11.8 Å². The molecule has 1 N–H and O–H groups in total. The highest BCUT2D eigenvalue weighted by Crippen LogP contribution is 2.26. The fourth-order valence-electron chi connectivity index (χ4n) is 0.802. The van der Waals surface area contributed by atoms with Crippen molar-refractivity contribution in [1.82, 2.24) is 0 Å². The van der Waals surface area contributed by atoms with Gasteiger partial charge in [-0.1, -0.05) is 0 Å². The second-order valence-electron chi connectivity index (χ2n) is 2.31. The van der Waals surface area contributed by atoms with Gasteiger partial charge in [-0.2, -0.15) is 0 Å². The van der Waals surface area contributed by atoms with E-state index < -0.39 is 6.10 Å². The third-order valence-corrected chi connectivity index (χ3v) is 3.18. The molecule has 1 unspecified atom stereocenters. The molecule has 0 radical (unpaired) electrons. The molecule has 1 aromatic heterocycles. The summed E-state index contributed by atoms with van der Waals surface area (Å²) in [5.41, 5.74) is 0. The van der Waals surface area contributed by atoms with Crippen LogP contribution in [0.5, 0.6) is 0 Å². The maximum absolute atomic E-state index is 9.55. The third kappa shape index (κ3) is 2.63. The SMILES string of the molecule is CC#CCC(O)c1cc(Br)cs1. The van der Waals surface area contributed by atoms with E-state index in [0.717, 1.165) is 9.35 Å². The number of aliphatic hydroxyl groups is 1.